The summed E-state index contributed by atoms with van der Waals surface area (Å²) in [4.78, 5) is 7.49. The number of aliphatic hydroxyl groups is 1. The molecule has 0 spiro atoms. The van der Waals surface area contributed by atoms with Crippen LogP contribution in [0.5, 0.6) is 0 Å². The van der Waals surface area contributed by atoms with Gasteiger partial charge in [0.1, 0.15) is 9.82 Å². The number of thiocarbonyl (C=S) groups is 1. The molecular weight excluding hydrogens is 368 g/mol. The second-order valence-corrected chi connectivity index (χ2v) is 7.33. The van der Waals surface area contributed by atoms with Gasteiger partial charge in [0.15, 0.2) is 0 Å². The van der Waals surface area contributed by atoms with Crippen molar-refractivity contribution >= 4 is 63.0 Å². The Morgan fingerprint density at radius 3 is 2.78 bits per heavy atom. The smallest absolute Gasteiger partial charge is 0.124 e. The Bertz CT molecular complexity index is 862. The van der Waals surface area contributed by atoms with Crippen LogP contribution in [0.1, 0.15) is 16.0 Å². The third-order valence-electron chi connectivity index (χ3n) is 3.35. The molecule has 1 aromatic carbocycles. The summed E-state index contributed by atoms with van der Waals surface area (Å²) in [6.07, 6.45) is 1.72. The molecule has 3 rings (SSSR count). The van der Waals surface area contributed by atoms with Gasteiger partial charge in [-0.2, -0.15) is 0 Å². The number of rotatable bonds is 4. The number of halogens is 1. The molecule has 23 heavy (non-hydrogen) atoms. The Hall–Kier alpha value is -1.18. The number of aliphatic hydroxyl groups excluding tert-OH is 1. The summed E-state index contributed by atoms with van der Waals surface area (Å²) in [6, 6.07) is 9.50. The Kier molecular flexibility index (Phi) is 5.18. The van der Waals surface area contributed by atoms with Gasteiger partial charge in [-0.3, -0.25) is 0 Å². The van der Waals surface area contributed by atoms with Gasteiger partial charge < -0.3 is 10.4 Å². The zero-order chi connectivity index (χ0) is 16.4. The summed E-state index contributed by atoms with van der Waals surface area (Å²) in [7, 11) is 0. The third kappa shape index (κ3) is 3.67. The van der Waals surface area contributed by atoms with Crippen LogP contribution in [-0.2, 0) is 13.2 Å². The van der Waals surface area contributed by atoms with Gasteiger partial charge in [0.25, 0.3) is 0 Å². The van der Waals surface area contributed by atoms with E-state index in [1.807, 2.05) is 30.3 Å². The molecule has 2 heterocycles. The van der Waals surface area contributed by atoms with Crippen LogP contribution >= 0.6 is 47.8 Å². The normalized spacial score (nSPS) is 10.9. The minimum Gasteiger partial charge on any atom is -0.391 e. The molecule has 0 radical (unpaired) electrons. The largest absolute Gasteiger partial charge is 0.391 e. The van der Waals surface area contributed by atoms with E-state index in [1.165, 1.54) is 11.3 Å². The van der Waals surface area contributed by atoms with E-state index in [-0.39, 0.29) is 6.61 Å². The molecule has 0 fully saturated rings. The second kappa shape index (κ2) is 7.15. The van der Waals surface area contributed by atoms with E-state index in [1.54, 1.807) is 6.20 Å². The molecule has 0 saturated carbocycles. The van der Waals surface area contributed by atoms with Crippen molar-refractivity contribution in [3.05, 3.63) is 57.6 Å². The van der Waals surface area contributed by atoms with Crippen molar-refractivity contribution < 1.29 is 5.11 Å². The highest BCUT2D eigenvalue weighted by atomic mass is 35.5. The van der Waals surface area contributed by atoms with E-state index in [9.17, 15) is 5.11 Å². The van der Waals surface area contributed by atoms with Crippen LogP contribution < -0.4 is 5.32 Å². The van der Waals surface area contributed by atoms with Gasteiger partial charge >= 0.3 is 0 Å². The molecule has 0 aliphatic heterocycles. The molecule has 3 aromatic rings. The molecule has 0 saturated heterocycles. The summed E-state index contributed by atoms with van der Waals surface area (Å²) < 4.78 is 0. The molecule has 0 amide bonds. The highest BCUT2D eigenvalue weighted by molar-refractivity contribution is 7.82. The maximum atomic E-state index is 9.25. The zero-order valence-electron chi connectivity index (χ0n) is 11.9. The van der Waals surface area contributed by atoms with Gasteiger partial charge in [-0.15, -0.1) is 24.0 Å². The number of pyridine rings is 1. The van der Waals surface area contributed by atoms with E-state index in [0.717, 1.165) is 31.1 Å². The summed E-state index contributed by atoms with van der Waals surface area (Å²) in [6.45, 7) is 0.607. The number of hydrogen-bond acceptors (Lipinski definition) is 5. The minimum absolute atomic E-state index is 0.00282. The number of benzene rings is 1. The van der Waals surface area contributed by atoms with E-state index < -0.39 is 0 Å². The number of nitrogens with zero attached hydrogens (tertiary/aromatic N) is 1. The second-order valence-electron chi connectivity index (χ2n) is 4.92. The van der Waals surface area contributed by atoms with Crippen molar-refractivity contribution in [2.45, 2.75) is 18.0 Å². The van der Waals surface area contributed by atoms with Gasteiger partial charge in [-0.1, -0.05) is 36.0 Å². The monoisotopic (exact) mass is 380 g/mol. The predicted molar refractivity (Wildman–Crippen MR) is 103 cm³/mol. The molecule has 0 aliphatic carbocycles. The first-order valence-electron chi connectivity index (χ1n) is 6.82. The molecule has 3 nitrogen and oxygen atoms in total. The van der Waals surface area contributed by atoms with Crippen molar-refractivity contribution in [3.63, 3.8) is 0 Å². The molecule has 2 aromatic heterocycles. The Labute approximate surface area is 153 Å². The number of thiol groups is 1. The number of nitrogens with one attached hydrogen (secondary N) is 1. The van der Waals surface area contributed by atoms with Crippen molar-refractivity contribution in [3.8, 4) is 0 Å². The lowest BCUT2D eigenvalue weighted by Gasteiger charge is -2.10. The van der Waals surface area contributed by atoms with Gasteiger partial charge in [-0.25, -0.2) is 4.98 Å². The fourth-order valence-electron chi connectivity index (χ4n) is 2.15. The maximum Gasteiger partial charge on any atom is 0.124 e. The first-order valence-corrected chi connectivity index (χ1v) is 8.87. The van der Waals surface area contributed by atoms with Gasteiger partial charge in [0.05, 0.1) is 6.61 Å². The van der Waals surface area contributed by atoms with Gasteiger partial charge in [0, 0.05) is 38.5 Å². The topological polar surface area (TPSA) is 45.1 Å². The van der Waals surface area contributed by atoms with Crippen LogP contribution in [0.25, 0.3) is 10.2 Å². The number of hydrogen-bond donors (Lipinski definition) is 3. The van der Waals surface area contributed by atoms with E-state index in [4.69, 9.17) is 23.8 Å². The van der Waals surface area contributed by atoms with Crippen molar-refractivity contribution in [2.75, 3.05) is 0 Å². The van der Waals surface area contributed by atoms with Gasteiger partial charge in [-0.05, 0) is 23.8 Å². The first kappa shape index (κ1) is 16.7. The summed E-state index contributed by atoms with van der Waals surface area (Å²) >= 11 is 17.4. The average Bonchev–Trinajstić information content (AvgIpc) is 2.99. The van der Waals surface area contributed by atoms with Crippen LogP contribution in [-0.4, -0.2) is 15.1 Å². The summed E-state index contributed by atoms with van der Waals surface area (Å²) in [5.41, 5.74) is 1.87. The molecule has 2 N–H and O–H groups in total. The summed E-state index contributed by atoms with van der Waals surface area (Å²) in [5.74, 6) is 0. The predicted octanol–water partition coefficient (Wildman–Crippen LogP) is 4.20. The standard InChI is InChI=1S/C16H13ClN2OS3/c17-10-3-1-9(2-4-10)6-18-15(22)13-7-19-16-12(14(13)21)5-11(8-20)23-16/h1-5,7,20H,6,8H2,(H,18,22)(H,19,21). The lowest BCUT2D eigenvalue weighted by Crippen LogP contribution is -2.22. The van der Waals surface area contributed by atoms with Crippen molar-refractivity contribution in [1.82, 2.24) is 10.3 Å². The Morgan fingerprint density at radius 1 is 1.35 bits per heavy atom. The maximum absolute atomic E-state index is 9.25. The molecule has 0 unspecified atom stereocenters. The van der Waals surface area contributed by atoms with Crippen LogP contribution in [0.3, 0.4) is 0 Å². The van der Waals surface area contributed by atoms with Gasteiger partial charge in [0.2, 0.25) is 0 Å². The lowest BCUT2D eigenvalue weighted by molar-refractivity contribution is 0.285. The average molecular weight is 381 g/mol. The quantitative estimate of drug-likeness (QED) is 0.469. The van der Waals surface area contributed by atoms with Crippen molar-refractivity contribution in [1.29, 1.82) is 0 Å². The molecule has 118 valence electrons. The molecule has 0 bridgehead atoms. The van der Waals surface area contributed by atoms with E-state index >= 15 is 0 Å². The Balaban J connectivity index is 1.80. The highest BCUT2D eigenvalue weighted by Gasteiger charge is 2.12. The molecular formula is C16H13ClN2OS3. The molecule has 7 heteroatoms. The van der Waals surface area contributed by atoms with Crippen molar-refractivity contribution in [2.24, 2.45) is 0 Å². The van der Waals surface area contributed by atoms with Crippen LogP contribution in [0.15, 0.2) is 41.4 Å². The Morgan fingerprint density at radius 2 is 2.09 bits per heavy atom. The fraction of sp³-hybridized carbons (Fsp3) is 0.125. The number of aromatic nitrogens is 1. The third-order valence-corrected chi connectivity index (χ3v) is 5.48. The van der Waals surface area contributed by atoms with E-state index in [2.05, 4.69) is 22.9 Å². The minimum atomic E-state index is 0.00282. The highest BCUT2D eigenvalue weighted by Crippen LogP contribution is 2.31. The zero-order valence-corrected chi connectivity index (χ0v) is 15.2. The number of fused-ring (bicyclic) bond motifs is 1. The fourth-order valence-corrected chi connectivity index (χ4v) is 3.86. The molecule has 0 aliphatic rings. The lowest BCUT2D eigenvalue weighted by atomic mass is 10.2. The SMILES string of the molecule is OCc1cc2c(S)c(C(=S)NCc3ccc(Cl)cc3)cnc2s1. The van der Waals surface area contributed by atoms with Crippen LogP contribution in [0, 0.1) is 0 Å². The van der Waals surface area contributed by atoms with Crippen LogP contribution in [0.2, 0.25) is 5.02 Å². The summed E-state index contributed by atoms with van der Waals surface area (Å²) in [5, 5.41) is 14.1. The number of thiophene rings is 1. The molecule has 0 atom stereocenters. The van der Waals surface area contributed by atoms with Crippen LogP contribution in [0.4, 0.5) is 0 Å². The van der Waals surface area contributed by atoms with E-state index in [0.29, 0.717) is 16.6 Å². The first-order chi connectivity index (χ1) is 11.1.